The molecule has 2 N–H and O–H groups in total. The minimum Gasteiger partial charge on any atom is -0.490 e. The van der Waals surface area contributed by atoms with Gasteiger partial charge >= 0.3 is 5.97 Å². The van der Waals surface area contributed by atoms with Crippen molar-refractivity contribution in [1.29, 1.82) is 0 Å². The van der Waals surface area contributed by atoms with Crippen LogP contribution < -0.4 is 10.1 Å². The van der Waals surface area contributed by atoms with Crippen LogP contribution in [0.5, 0.6) is 5.75 Å². The van der Waals surface area contributed by atoms with E-state index >= 15 is 0 Å². The summed E-state index contributed by atoms with van der Waals surface area (Å²) in [6.07, 6.45) is 1.18. The highest BCUT2D eigenvalue weighted by atomic mass is 19.1. The molecule has 0 aliphatic rings. The molecular formula is C14H19F2NO3. The van der Waals surface area contributed by atoms with Crippen LogP contribution >= 0.6 is 0 Å². The normalized spacial score (nSPS) is 13.8. The minimum atomic E-state index is -1.01. The molecule has 1 unspecified atom stereocenters. The summed E-state index contributed by atoms with van der Waals surface area (Å²) < 4.78 is 31.4. The standard InChI is InChI=1S/C14H19F2NO3/c1-3-14(17-2,13(18)19)7-4-8-20-12-9-10(15)5-6-11(12)16/h5-6,9,17H,3-4,7-8H2,1-2H3,(H,18,19). The van der Waals surface area contributed by atoms with Gasteiger partial charge in [-0.3, -0.25) is 4.79 Å². The van der Waals surface area contributed by atoms with Crippen molar-refractivity contribution in [3.8, 4) is 5.75 Å². The van der Waals surface area contributed by atoms with Crippen molar-refractivity contribution in [2.45, 2.75) is 31.7 Å². The smallest absolute Gasteiger partial charge is 0.323 e. The van der Waals surface area contributed by atoms with Crippen molar-refractivity contribution >= 4 is 5.97 Å². The molecule has 1 aromatic rings. The zero-order chi connectivity index (χ0) is 15.2. The van der Waals surface area contributed by atoms with Gasteiger partial charge in [-0.1, -0.05) is 6.92 Å². The Balaban J connectivity index is 2.52. The molecule has 1 atom stereocenters. The molecule has 20 heavy (non-hydrogen) atoms. The largest absolute Gasteiger partial charge is 0.490 e. The third-order valence-corrected chi connectivity index (χ3v) is 3.39. The lowest BCUT2D eigenvalue weighted by molar-refractivity contribution is -0.145. The molecule has 112 valence electrons. The molecule has 0 fully saturated rings. The molecule has 0 aliphatic heterocycles. The molecule has 0 aromatic heterocycles. The highest BCUT2D eigenvalue weighted by molar-refractivity contribution is 5.78. The summed E-state index contributed by atoms with van der Waals surface area (Å²) in [5, 5.41) is 12.0. The van der Waals surface area contributed by atoms with Crippen LogP contribution in [0.15, 0.2) is 18.2 Å². The molecule has 1 aromatic carbocycles. The molecule has 1 rings (SSSR count). The first kappa shape index (κ1) is 16.4. The summed E-state index contributed by atoms with van der Waals surface area (Å²) in [6.45, 7) is 1.90. The highest BCUT2D eigenvalue weighted by Gasteiger charge is 2.34. The topological polar surface area (TPSA) is 58.6 Å². The lowest BCUT2D eigenvalue weighted by atomic mass is 9.91. The van der Waals surface area contributed by atoms with Gasteiger partial charge in [0.1, 0.15) is 11.4 Å². The number of ether oxygens (including phenoxy) is 1. The van der Waals surface area contributed by atoms with E-state index in [1.54, 1.807) is 14.0 Å². The Hall–Kier alpha value is -1.69. The number of halogens is 2. The number of hydrogen-bond acceptors (Lipinski definition) is 3. The third-order valence-electron chi connectivity index (χ3n) is 3.39. The van der Waals surface area contributed by atoms with Crippen molar-refractivity contribution in [1.82, 2.24) is 5.32 Å². The Bertz CT molecular complexity index is 462. The van der Waals surface area contributed by atoms with Gasteiger partial charge in [-0.2, -0.15) is 0 Å². The highest BCUT2D eigenvalue weighted by Crippen LogP contribution is 2.20. The molecule has 0 saturated carbocycles. The number of carbonyl (C=O) groups is 1. The first-order valence-electron chi connectivity index (χ1n) is 6.45. The van der Waals surface area contributed by atoms with Gasteiger partial charge in [0.15, 0.2) is 11.6 Å². The van der Waals surface area contributed by atoms with E-state index in [4.69, 9.17) is 4.74 Å². The number of nitrogens with one attached hydrogen (secondary N) is 1. The summed E-state index contributed by atoms with van der Waals surface area (Å²) in [6, 6.07) is 2.97. The van der Waals surface area contributed by atoms with E-state index in [2.05, 4.69) is 5.32 Å². The molecule has 4 nitrogen and oxygen atoms in total. The predicted molar refractivity (Wildman–Crippen MR) is 70.8 cm³/mol. The number of benzene rings is 1. The summed E-state index contributed by atoms with van der Waals surface area (Å²) in [7, 11) is 1.59. The van der Waals surface area contributed by atoms with Crippen LogP contribution in [0.1, 0.15) is 26.2 Å². The molecule has 0 radical (unpaired) electrons. The van der Waals surface area contributed by atoms with Crippen LogP contribution in [0.2, 0.25) is 0 Å². The Kier molecular flexibility index (Phi) is 5.88. The second-order valence-electron chi connectivity index (χ2n) is 4.52. The first-order chi connectivity index (χ1) is 9.45. The molecule has 0 bridgehead atoms. The number of likely N-dealkylation sites (N-methyl/N-ethyl adjacent to an activating group) is 1. The Morgan fingerprint density at radius 2 is 2.15 bits per heavy atom. The maximum absolute atomic E-state index is 13.3. The zero-order valence-corrected chi connectivity index (χ0v) is 11.6. The monoisotopic (exact) mass is 287 g/mol. The van der Waals surface area contributed by atoms with Crippen molar-refractivity contribution in [2.24, 2.45) is 0 Å². The fourth-order valence-electron chi connectivity index (χ4n) is 1.99. The van der Waals surface area contributed by atoms with E-state index in [9.17, 15) is 18.7 Å². The number of aliphatic carboxylic acids is 1. The molecular weight excluding hydrogens is 268 g/mol. The molecule has 0 spiro atoms. The molecule has 0 heterocycles. The maximum Gasteiger partial charge on any atom is 0.323 e. The summed E-state index contributed by atoms with van der Waals surface area (Å²) in [5.74, 6) is -2.31. The zero-order valence-electron chi connectivity index (χ0n) is 11.6. The lowest BCUT2D eigenvalue weighted by Crippen LogP contribution is -2.50. The Labute approximate surface area is 116 Å². The first-order valence-corrected chi connectivity index (χ1v) is 6.45. The molecule has 0 saturated heterocycles. The van der Waals surface area contributed by atoms with E-state index in [1.165, 1.54) is 0 Å². The summed E-state index contributed by atoms with van der Waals surface area (Å²) in [4.78, 5) is 11.2. The van der Waals surface area contributed by atoms with Crippen molar-refractivity contribution < 1.29 is 23.4 Å². The van der Waals surface area contributed by atoms with Gasteiger partial charge in [-0.25, -0.2) is 8.78 Å². The van der Waals surface area contributed by atoms with Gasteiger partial charge < -0.3 is 15.2 Å². The predicted octanol–water partition coefficient (Wildman–Crippen LogP) is 2.58. The van der Waals surface area contributed by atoms with E-state index in [0.29, 0.717) is 19.3 Å². The van der Waals surface area contributed by atoms with Crippen LogP contribution in [0, 0.1) is 11.6 Å². The van der Waals surface area contributed by atoms with Gasteiger partial charge in [0, 0.05) is 6.07 Å². The quantitative estimate of drug-likeness (QED) is 0.722. The van der Waals surface area contributed by atoms with E-state index in [-0.39, 0.29) is 12.4 Å². The van der Waals surface area contributed by atoms with Gasteiger partial charge in [-0.15, -0.1) is 0 Å². The van der Waals surface area contributed by atoms with Gasteiger partial charge in [0.05, 0.1) is 6.61 Å². The minimum absolute atomic E-state index is 0.122. The maximum atomic E-state index is 13.3. The van der Waals surface area contributed by atoms with E-state index < -0.39 is 23.1 Å². The van der Waals surface area contributed by atoms with Crippen molar-refractivity contribution in [3.63, 3.8) is 0 Å². The molecule has 0 amide bonds. The lowest BCUT2D eigenvalue weighted by Gasteiger charge is -2.27. The number of rotatable bonds is 8. The van der Waals surface area contributed by atoms with Crippen LogP contribution in [0.4, 0.5) is 8.78 Å². The fourth-order valence-corrected chi connectivity index (χ4v) is 1.99. The Morgan fingerprint density at radius 3 is 2.70 bits per heavy atom. The third kappa shape index (κ3) is 3.90. The van der Waals surface area contributed by atoms with Crippen LogP contribution in [-0.4, -0.2) is 30.3 Å². The number of carboxylic acid groups (broad SMARTS) is 1. The summed E-state index contributed by atoms with van der Waals surface area (Å²) in [5.41, 5.74) is -1.01. The summed E-state index contributed by atoms with van der Waals surface area (Å²) >= 11 is 0. The average Bonchev–Trinajstić information content (AvgIpc) is 2.43. The Morgan fingerprint density at radius 1 is 1.45 bits per heavy atom. The van der Waals surface area contributed by atoms with Crippen LogP contribution in [-0.2, 0) is 4.79 Å². The van der Waals surface area contributed by atoms with E-state index in [1.807, 2.05) is 0 Å². The average molecular weight is 287 g/mol. The van der Waals surface area contributed by atoms with Gasteiger partial charge in [0.2, 0.25) is 0 Å². The van der Waals surface area contributed by atoms with Crippen LogP contribution in [0.25, 0.3) is 0 Å². The second-order valence-corrected chi connectivity index (χ2v) is 4.52. The van der Waals surface area contributed by atoms with Crippen molar-refractivity contribution in [2.75, 3.05) is 13.7 Å². The number of hydrogen-bond donors (Lipinski definition) is 2. The van der Waals surface area contributed by atoms with E-state index in [0.717, 1.165) is 18.2 Å². The molecule has 6 heteroatoms. The SMILES string of the molecule is CCC(CCCOc1cc(F)ccc1F)(NC)C(=O)O. The second kappa shape index (κ2) is 7.19. The fraction of sp³-hybridized carbons (Fsp3) is 0.500. The number of carboxylic acids is 1. The van der Waals surface area contributed by atoms with Crippen molar-refractivity contribution in [3.05, 3.63) is 29.8 Å². The van der Waals surface area contributed by atoms with Gasteiger partial charge in [0.25, 0.3) is 0 Å². The van der Waals surface area contributed by atoms with Crippen LogP contribution in [0.3, 0.4) is 0 Å². The molecule has 0 aliphatic carbocycles. The van der Waals surface area contributed by atoms with Gasteiger partial charge in [-0.05, 0) is 38.4 Å².